The monoisotopic (exact) mass is 316 g/mol. The van der Waals surface area contributed by atoms with Crippen molar-refractivity contribution in [1.82, 2.24) is 0 Å². The van der Waals surface area contributed by atoms with Gasteiger partial charge in [-0.25, -0.2) is 0 Å². The Morgan fingerprint density at radius 2 is 0.909 bits per heavy atom. The molecule has 2 fully saturated rings. The van der Waals surface area contributed by atoms with Crippen LogP contribution in [0.15, 0.2) is 0 Å². The average molecular weight is 316 g/mol. The first-order valence-electron chi connectivity index (χ1n) is 8.45. The van der Waals surface area contributed by atoms with E-state index in [1.807, 2.05) is 0 Å². The van der Waals surface area contributed by atoms with Crippen molar-refractivity contribution in [2.45, 2.75) is 39.5 Å². The lowest BCUT2D eigenvalue weighted by Gasteiger charge is -2.35. The Kier molecular flexibility index (Phi) is 9.01. The van der Waals surface area contributed by atoms with Gasteiger partial charge in [0.1, 0.15) is 0 Å². The third-order valence-electron chi connectivity index (χ3n) is 4.91. The quantitative estimate of drug-likeness (QED) is 0.613. The second-order valence-corrected chi connectivity index (χ2v) is 8.38. The standard InChI is InChI=1S/2C8H18N.CH2O3/c2*1-8-4-6-9(2,3)7-5-8;2-1(3)4/h2*8H,4-7H2,1-3H3;(H2,2,3,4)/q2*+1;/p-2. The summed E-state index contributed by atoms with van der Waals surface area (Å²) in [7, 11) is 9.30. The van der Waals surface area contributed by atoms with Crippen LogP contribution in [0.2, 0.25) is 0 Å². The number of carbonyl (C=O) groups excluding carboxylic acids is 1. The largest absolute Gasteiger partial charge is 0.652 e. The van der Waals surface area contributed by atoms with Crippen LogP contribution in [0.4, 0.5) is 4.79 Å². The molecule has 0 aromatic carbocycles. The highest BCUT2D eigenvalue weighted by Crippen LogP contribution is 2.19. The summed E-state index contributed by atoms with van der Waals surface area (Å²) in [6, 6.07) is 0. The van der Waals surface area contributed by atoms with Crippen LogP contribution in [0.1, 0.15) is 39.5 Å². The second kappa shape index (κ2) is 9.36. The molecule has 0 atom stereocenters. The molecule has 0 unspecified atom stereocenters. The van der Waals surface area contributed by atoms with Gasteiger partial charge in [0.05, 0.1) is 54.4 Å². The second-order valence-electron chi connectivity index (χ2n) is 8.38. The van der Waals surface area contributed by atoms with Crippen molar-refractivity contribution in [3.8, 4) is 0 Å². The fourth-order valence-electron chi connectivity index (χ4n) is 2.79. The van der Waals surface area contributed by atoms with Gasteiger partial charge in [0.15, 0.2) is 0 Å². The van der Waals surface area contributed by atoms with E-state index >= 15 is 0 Å². The first kappa shape index (κ1) is 21.2. The predicted molar refractivity (Wildman–Crippen MR) is 85.9 cm³/mol. The normalized spacial score (nSPS) is 24.3. The van der Waals surface area contributed by atoms with E-state index in [4.69, 9.17) is 15.0 Å². The summed E-state index contributed by atoms with van der Waals surface area (Å²) >= 11 is 0. The van der Waals surface area contributed by atoms with Crippen molar-refractivity contribution in [3.63, 3.8) is 0 Å². The van der Waals surface area contributed by atoms with Crippen LogP contribution in [0, 0.1) is 11.8 Å². The SMILES string of the molecule is CC1CC[N+](C)(C)CC1.CC1CC[N+](C)(C)CC1.O=C([O-])[O-]. The fraction of sp³-hybridized carbons (Fsp3) is 0.941. The van der Waals surface area contributed by atoms with Crippen molar-refractivity contribution in [2.75, 3.05) is 54.4 Å². The molecule has 2 rings (SSSR count). The molecule has 0 aromatic heterocycles. The van der Waals surface area contributed by atoms with Crippen LogP contribution < -0.4 is 10.2 Å². The Balaban J connectivity index is 0.000000326. The highest BCUT2D eigenvalue weighted by Gasteiger charge is 2.23. The minimum Gasteiger partial charge on any atom is -0.652 e. The van der Waals surface area contributed by atoms with Gasteiger partial charge >= 0.3 is 0 Å². The zero-order chi connectivity index (χ0) is 17.4. The molecule has 2 heterocycles. The van der Waals surface area contributed by atoms with E-state index in [1.54, 1.807) is 0 Å². The van der Waals surface area contributed by atoms with E-state index in [9.17, 15) is 0 Å². The number of carbonyl (C=O) groups is 1. The van der Waals surface area contributed by atoms with Gasteiger partial charge < -0.3 is 24.0 Å². The molecule has 0 N–H and O–H groups in total. The Labute approximate surface area is 136 Å². The van der Waals surface area contributed by atoms with E-state index in [-0.39, 0.29) is 0 Å². The van der Waals surface area contributed by atoms with Gasteiger partial charge in [0.2, 0.25) is 0 Å². The molecule has 0 aliphatic carbocycles. The molecule has 5 heteroatoms. The predicted octanol–water partition coefficient (Wildman–Crippen LogP) is 0.538. The Hall–Kier alpha value is -0.810. The lowest BCUT2D eigenvalue weighted by molar-refractivity contribution is -0.896. The molecule has 132 valence electrons. The number of likely N-dealkylation sites (tertiary alicyclic amines) is 2. The Morgan fingerprint density at radius 3 is 1.05 bits per heavy atom. The summed E-state index contributed by atoms with van der Waals surface area (Å²) in [5.74, 6) is 1.97. The average Bonchev–Trinajstić information content (AvgIpc) is 2.37. The molecule has 0 bridgehead atoms. The number of nitrogens with zero attached hydrogens (tertiary/aromatic N) is 2. The molecular formula is C17H36N2O3. The summed E-state index contributed by atoms with van der Waals surface area (Å²) in [6.45, 7) is 10.2. The summed E-state index contributed by atoms with van der Waals surface area (Å²) < 4.78 is 2.48. The molecule has 0 amide bonds. The lowest BCUT2D eigenvalue weighted by Crippen LogP contribution is -2.45. The lowest BCUT2D eigenvalue weighted by atomic mass is 9.98. The van der Waals surface area contributed by atoms with E-state index in [0.29, 0.717) is 0 Å². The Bertz CT molecular complexity index is 280. The highest BCUT2D eigenvalue weighted by atomic mass is 16.6. The minimum absolute atomic E-state index is 0.983. The molecule has 0 saturated carbocycles. The summed E-state index contributed by atoms with van der Waals surface area (Å²) in [5, 5.41) is 16.7. The van der Waals surface area contributed by atoms with Crippen LogP contribution >= 0.6 is 0 Å². The molecule has 22 heavy (non-hydrogen) atoms. The molecule has 0 aromatic rings. The number of rotatable bonds is 0. The fourth-order valence-corrected chi connectivity index (χ4v) is 2.79. The molecule has 2 saturated heterocycles. The van der Waals surface area contributed by atoms with Gasteiger partial charge in [0.25, 0.3) is 0 Å². The molecule has 5 nitrogen and oxygen atoms in total. The summed E-state index contributed by atoms with van der Waals surface area (Å²) in [5.41, 5.74) is 0. The maximum absolute atomic E-state index is 8.33. The number of piperidine rings is 2. The minimum atomic E-state index is -2.33. The number of hydrogen-bond donors (Lipinski definition) is 0. The molecule has 2 aliphatic heterocycles. The van der Waals surface area contributed by atoms with E-state index in [1.165, 1.54) is 60.8 Å². The van der Waals surface area contributed by atoms with Crippen molar-refractivity contribution in [1.29, 1.82) is 0 Å². The van der Waals surface area contributed by atoms with Gasteiger partial charge in [-0.15, -0.1) is 0 Å². The van der Waals surface area contributed by atoms with E-state index < -0.39 is 6.16 Å². The molecule has 2 aliphatic rings. The maximum Gasteiger partial charge on any atom is 0.0785 e. The number of carboxylic acid groups (broad SMARTS) is 2. The third kappa shape index (κ3) is 11.8. The van der Waals surface area contributed by atoms with Crippen LogP contribution in [0.3, 0.4) is 0 Å². The van der Waals surface area contributed by atoms with Crippen LogP contribution in [-0.2, 0) is 0 Å². The van der Waals surface area contributed by atoms with E-state index in [2.05, 4.69) is 42.0 Å². The van der Waals surface area contributed by atoms with Crippen LogP contribution in [0.5, 0.6) is 0 Å². The van der Waals surface area contributed by atoms with Gasteiger partial charge in [-0.05, 0) is 43.7 Å². The maximum atomic E-state index is 8.33. The topological polar surface area (TPSA) is 63.2 Å². The van der Waals surface area contributed by atoms with Crippen molar-refractivity contribution >= 4 is 6.16 Å². The van der Waals surface area contributed by atoms with Crippen molar-refractivity contribution in [2.24, 2.45) is 11.8 Å². The zero-order valence-corrected chi connectivity index (χ0v) is 15.4. The number of hydrogen-bond acceptors (Lipinski definition) is 3. The number of quaternary nitrogens is 2. The van der Waals surface area contributed by atoms with Gasteiger partial charge in [-0.2, -0.15) is 0 Å². The van der Waals surface area contributed by atoms with Crippen LogP contribution in [0.25, 0.3) is 0 Å². The summed E-state index contributed by atoms with van der Waals surface area (Å²) in [6.07, 6.45) is 3.36. The van der Waals surface area contributed by atoms with Gasteiger partial charge in [0, 0.05) is 0 Å². The first-order chi connectivity index (χ1) is 9.93. The molecular weight excluding hydrogens is 280 g/mol. The smallest absolute Gasteiger partial charge is 0.0785 e. The van der Waals surface area contributed by atoms with E-state index in [0.717, 1.165) is 11.8 Å². The Morgan fingerprint density at radius 1 is 0.727 bits per heavy atom. The first-order valence-corrected chi connectivity index (χ1v) is 8.45. The zero-order valence-electron chi connectivity index (χ0n) is 15.4. The molecule has 0 spiro atoms. The van der Waals surface area contributed by atoms with Crippen molar-refractivity contribution in [3.05, 3.63) is 0 Å². The van der Waals surface area contributed by atoms with Gasteiger partial charge in [-0.3, -0.25) is 0 Å². The highest BCUT2D eigenvalue weighted by molar-refractivity contribution is 5.47. The molecule has 0 radical (unpaired) electrons. The van der Waals surface area contributed by atoms with Gasteiger partial charge in [-0.1, -0.05) is 13.8 Å². The van der Waals surface area contributed by atoms with Crippen molar-refractivity contribution < 1.29 is 24.0 Å². The third-order valence-corrected chi connectivity index (χ3v) is 4.91. The summed E-state index contributed by atoms with van der Waals surface area (Å²) in [4.78, 5) is 8.33. The van der Waals surface area contributed by atoms with Crippen LogP contribution in [-0.4, -0.2) is 69.5 Å².